The number of carbonyl (C=O) groups excluding carboxylic acids is 11. The number of aliphatic hydroxyl groups is 4. The second kappa shape index (κ2) is 26.3. The maximum absolute atomic E-state index is 14.7. The number of thioether (sulfide) groups is 1. The average molecular weight is 1150 g/mol. The Morgan fingerprint density at radius 3 is 2.18 bits per heavy atom. The molecule has 10 atom stereocenters. The number of nitrogens with one attached hydrogen (secondary N) is 8. The summed E-state index contributed by atoms with van der Waals surface area (Å²) in [5.74, 6) is -8.47. The average Bonchev–Trinajstić information content (AvgIpc) is 4.04. The molecule has 29 heteroatoms. The van der Waals surface area contributed by atoms with Crippen molar-refractivity contribution in [2.75, 3.05) is 30.0 Å². The Balaban J connectivity index is 1.31. The van der Waals surface area contributed by atoms with Crippen molar-refractivity contribution in [1.29, 1.82) is 0 Å². The lowest BCUT2D eigenvalue weighted by Crippen LogP contribution is -2.61. The molecule has 4 aliphatic rings. The standard InChI is InChI=1S/C49H68N10O16S3/c1-23-40(67)53-31-18-29-28-16-26(52-35(63)8-7-15-77-78-48(4,5)14-13-38(66)75-59-36(64)11-12-37(59)65)9-10-30(28)56-46(29)76-21-33(47(73)58-20-27(62)17-34(58)44(71)51-23)55-45(72)39(25(3)61)57-41(68)24(2)50-43(70)32(54-42(31)69)19-49(6,74)22-60/h9-10,16,23-25,27,31-34,39,56,60-62,74H,7-8,11-15,17-22H2,1-6H3,(H,50,70)(H,51,71)(H,52,63)(H,53,67)(H,54,69)(H,55,72)(H,57,68)/t23-,24-,25?,27+,31-,32-,33+,34-,39+,49+/m0/s1. The van der Waals surface area contributed by atoms with Gasteiger partial charge in [-0.2, -0.15) is 0 Å². The van der Waals surface area contributed by atoms with Gasteiger partial charge in [0.2, 0.25) is 47.3 Å². The minimum atomic E-state index is -1.98. The van der Waals surface area contributed by atoms with Gasteiger partial charge in [0.05, 0.1) is 29.4 Å². The molecule has 2 fully saturated rings. The highest BCUT2D eigenvalue weighted by Gasteiger charge is 2.44. The monoisotopic (exact) mass is 1150 g/mol. The summed E-state index contributed by atoms with van der Waals surface area (Å²) < 4.78 is -0.411. The number of nitrogens with zero attached hydrogens (tertiary/aromatic N) is 2. The molecule has 26 nitrogen and oxygen atoms in total. The Labute approximate surface area is 460 Å². The van der Waals surface area contributed by atoms with Crippen molar-refractivity contribution in [3.05, 3.63) is 23.8 Å². The van der Waals surface area contributed by atoms with Crippen LogP contribution < -0.4 is 37.2 Å². The van der Waals surface area contributed by atoms with Crippen LogP contribution in [0.25, 0.3) is 10.9 Å². The molecule has 0 aliphatic carbocycles. The molecule has 2 saturated heterocycles. The molecule has 0 spiro atoms. The molecule has 10 amide bonds. The first kappa shape index (κ1) is 61.2. The van der Waals surface area contributed by atoms with Crippen molar-refractivity contribution in [2.45, 2.75) is 169 Å². The molecule has 4 aliphatic heterocycles. The fourth-order valence-corrected chi connectivity index (χ4v) is 12.6. The summed E-state index contributed by atoms with van der Waals surface area (Å²) in [4.78, 5) is 158. The topological polar surface area (TPSA) is 384 Å². The second-order valence-electron chi connectivity index (χ2n) is 20.7. The van der Waals surface area contributed by atoms with Crippen molar-refractivity contribution < 1.29 is 78.0 Å². The van der Waals surface area contributed by atoms with Crippen molar-refractivity contribution in [1.82, 2.24) is 46.8 Å². The van der Waals surface area contributed by atoms with Crippen LogP contribution in [0.4, 0.5) is 5.69 Å². The molecule has 1 aromatic heterocycles. The fraction of sp³-hybridized carbons (Fsp3) is 0.612. The van der Waals surface area contributed by atoms with Crippen LogP contribution in [0.2, 0.25) is 0 Å². The van der Waals surface area contributed by atoms with Crippen LogP contribution in [0, 0.1) is 0 Å². The van der Waals surface area contributed by atoms with Crippen molar-refractivity contribution in [3.63, 3.8) is 0 Å². The van der Waals surface area contributed by atoms with E-state index >= 15 is 0 Å². The van der Waals surface area contributed by atoms with E-state index in [-0.39, 0.29) is 56.7 Å². The van der Waals surface area contributed by atoms with E-state index in [4.69, 9.17) is 4.84 Å². The molecule has 12 N–H and O–H groups in total. The Morgan fingerprint density at radius 2 is 1.51 bits per heavy atom. The van der Waals surface area contributed by atoms with E-state index in [2.05, 4.69) is 42.2 Å². The number of carbonyl (C=O) groups is 11. The fourth-order valence-electron chi connectivity index (χ4n) is 8.84. The third kappa shape index (κ3) is 16.1. The van der Waals surface area contributed by atoms with Gasteiger partial charge in [-0.3, -0.25) is 47.9 Å². The summed E-state index contributed by atoms with van der Waals surface area (Å²) in [7, 11) is 3.00. The molecular formula is C49H68N10O16S3. The smallest absolute Gasteiger partial charge is 0.333 e. The molecule has 6 rings (SSSR count). The lowest BCUT2D eigenvalue weighted by Gasteiger charge is -2.31. The molecule has 1 unspecified atom stereocenters. The van der Waals surface area contributed by atoms with Gasteiger partial charge in [0, 0.05) is 84.3 Å². The number of anilines is 1. The van der Waals surface area contributed by atoms with Gasteiger partial charge in [0.1, 0.15) is 42.3 Å². The van der Waals surface area contributed by atoms with E-state index in [0.29, 0.717) is 50.8 Å². The highest BCUT2D eigenvalue weighted by Crippen LogP contribution is 2.40. The largest absolute Gasteiger partial charge is 0.393 e. The number of benzene rings is 1. The summed E-state index contributed by atoms with van der Waals surface area (Å²) >= 11 is 0.991. The maximum atomic E-state index is 14.7. The highest BCUT2D eigenvalue weighted by atomic mass is 33.1. The van der Waals surface area contributed by atoms with Crippen molar-refractivity contribution in [2.24, 2.45) is 0 Å². The van der Waals surface area contributed by atoms with Crippen LogP contribution in [0.5, 0.6) is 0 Å². The first-order chi connectivity index (χ1) is 36.6. The summed E-state index contributed by atoms with van der Waals surface area (Å²) in [6.07, 6.45) is -3.08. The van der Waals surface area contributed by atoms with E-state index in [1.54, 1.807) is 18.2 Å². The third-order valence-electron chi connectivity index (χ3n) is 13.3. The summed E-state index contributed by atoms with van der Waals surface area (Å²) in [5.41, 5.74) is -0.840. The molecule has 1 aromatic carbocycles. The van der Waals surface area contributed by atoms with Crippen LogP contribution in [0.1, 0.15) is 98.5 Å². The van der Waals surface area contributed by atoms with Crippen LogP contribution in [0.15, 0.2) is 23.2 Å². The SMILES string of the molecule is CC(O)[C@H]1NC(=O)[C@H](C)NC(=O)[C@H](C[C@@](C)(O)CO)NC(=O)[C@@H]2Cc3c([nH]c4ccc(NC(=O)CCCSSC(C)(C)CCC(=O)ON5C(=O)CCC5=O)cc34)SC[C@@H](NC1=O)C(=O)N1C[C@H](O)C[C@H]1C(=O)N[C@@H](C)C(=O)N2. The number of amides is 10. The number of aliphatic hydroxyl groups excluding tert-OH is 3. The Morgan fingerprint density at radius 1 is 0.859 bits per heavy atom. The first-order valence-corrected chi connectivity index (χ1v) is 28.7. The zero-order valence-corrected chi connectivity index (χ0v) is 46.4. The molecule has 428 valence electrons. The molecular weight excluding hydrogens is 1080 g/mol. The molecule has 0 saturated carbocycles. The van der Waals surface area contributed by atoms with Gasteiger partial charge in [-0.1, -0.05) is 21.6 Å². The highest BCUT2D eigenvalue weighted by molar-refractivity contribution is 8.77. The lowest BCUT2D eigenvalue weighted by molar-refractivity contribution is -0.197. The van der Waals surface area contributed by atoms with E-state index in [1.165, 1.54) is 49.3 Å². The number of hydroxylamine groups is 2. The van der Waals surface area contributed by atoms with Gasteiger partial charge in [-0.15, -0.1) is 16.8 Å². The number of aromatic amines is 1. The Kier molecular flexibility index (Phi) is 20.7. The van der Waals surface area contributed by atoms with E-state index < -0.39 is 137 Å². The lowest BCUT2D eigenvalue weighted by atomic mass is 9.96. The second-order valence-corrected chi connectivity index (χ2v) is 24.8. The van der Waals surface area contributed by atoms with Crippen LogP contribution in [-0.4, -0.2) is 190 Å². The normalized spacial score (nSPS) is 26.4. The van der Waals surface area contributed by atoms with E-state index in [1.807, 2.05) is 13.8 Å². The van der Waals surface area contributed by atoms with Gasteiger partial charge < -0.3 is 72.4 Å². The summed E-state index contributed by atoms with van der Waals surface area (Å²) in [6.45, 7) is 7.61. The number of imide groups is 1. The number of fused-ring (bicyclic) bond motifs is 5. The number of H-pyrrole nitrogens is 1. The molecule has 78 heavy (non-hydrogen) atoms. The van der Waals surface area contributed by atoms with Gasteiger partial charge in [0.25, 0.3) is 11.8 Å². The predicted octanol–water partition coefficient (Wildman–Crippen LogP) is -1.48. The van der Waals surface area contributed by atoms with Gasteiger partial charge in [-0.25, -0.2) is 4.79 Å². The Bertz CT molecular complexity index is 2650. The Hall–Kier alpha value is -5.98. The van der Waals surface area contributed by atoms with E-state index in [0.717, 1.165) is 16.7 Å². The number of hydrogen-bond acceptors (Lipinski definition) is 19. The van der Waals surface area contributed by atoms with Crippen molar-refractivity contribution >= 4 is 115 Å². The summed E-state index contributed by atoms with van der Waals surface area (Å²) in [6, 6.07) is -5.76. The minimum Gasteiger partial charge on any atom is -0.393 e. The molecule has 0 radical (unpaired) electrons. The maximum Gasteiger partial charge on any atom is 0.333 e. The molecule has 2 bridgehead atoms. The van der Waals surface area contributed by atoms with Gasteiger partial charge >= 0.3 is 5.97 Å². The quantitative estimate of drug-likeness (QED) is 0.0550. The third-order valence-corrected chi connectivity index (χ3v) is 17.9. The van der Waals surface area contributed by atoms with E-state index in [9.17, 15) is 73.2 Å². The summed E-state index contributed by atoms with van der Waals surface area (Å²) in [5, 5.41) is 61.9. The molecule has 2 aromatic rings. The molecule has 5 heterocycles. The zero-order chi connectivity index (χ0) is 57.4. The van der Waals surface area contributed by atoms with Crippen molar-refractivity contribution in [3.8, 4) is 0 Å². The van der Waals surface area contributed by atoms with Gasteiger partial charge in [-0.05, 0) is 78.1 Å². The number of aromatic nitrogens is 1. The minimum absolute atomic E-state index is 0.00676. The number of hydrogen-bond donors (Lipinski definition) is 12. The van der Waals surface area contributed by atoms with Crippen LogP contribution >= 0.6 is 33.3 Å². The zero-order valence-electron chi connectivity index (χ0n) is 43.9. The van der Waals surface area contributed by atoms with Crippen LogP contribution in [-0.2, 0) is 64.0 Å². The number of rotatable bonds is 15. The predicted molar refractivity (Wildman–Crippen MR) is 284 cm³/mol. The van der Waals surface area contributed by atoms with Crippen LogP contribution in [0.3, 0.4) is 0 Å². The van der Waals surface area contributed by atoms with Gasteiger partial charge in [0.15, 0.2) is 0 Å². The first-order valence-electron chi connectivity index (χ1n) is 25.4.